The number of aliphatic hydroxyl groups is 1. The van der Waals surface area contributed by atoms with Crippen LogP contribution in [0.2, 0.25) is 0 Å². The van der Waals surface area contributed by atoms with Gasteiger partial charge in [-0.2, -0.15) is 5.10 Å². The smallest absolute Gasteiger partial charge is 0.116 e. The van der Waals surface area contributed by atoms with E-state index in [-0.39, 0.29) is 5.54 Å². The number of hydrogen-bond donors (Lipinski definition) is 1. The Kier molecular flexibility index (Phi) is 3.52. The summed E-state index contributed by atoms with van der Waals surface area (Å²) in [6.45, 7) is 4.12. The molecule has 86 valence electrons. The summed E-state index contributed by atoms with van der Waals surface area (Å²) in [5, 5.41) is 14.6. The molecule has 2 atom stereocenters. The van der Waals surface area contributed by atoms with Crippen molar-refractivity contribution in [2.75, 3.05) is 14.1 Å². The van der Waals surface area contributed by atoms with Gasteiger partial charge in [-0.3, -0.25) is 4.68 Å². The fraction of sp³-hybridized carbons (Fsp3) is 0.727. The Hall–Kier alpha value is -0.870. The largest absolute Gasteiger partial charge is 0.385 e. The third-order valence-electron chi connectivity index (χ3n) is 3.34. The average Bonchev–Trinajstić information content (AvgIpc) is 2.62. The highest BCUT2D eigenvalue weighted by Gasteiger charge is 2.35. The minimum Gasteiger partial charge on any atom is -0.385 e. The molecule has 0 radical (unpaired) electrons. The summed E-state index contributed by atoms with van der Waals surface area (Å²) in [4.78, 5) is 2.05. The second kappa shape index (κ2) is 4.33. The molecule has 0 aliphatic carbocycles. The molecule has 0 aliphatic rings. The number of aromatic nitrogens is 2. The summed E-state index contributed by atoms with van der Waals surface area (Å²) >= 11 is 0. The molecule has 4 nitrogen and oxygen atoms in total. The van der Waals surface area contributed by atoms with E-state index in [0.717, 1.165) is 12.1 Å². The highest BCUT2D eigenvalue weighted by molar-refractivity contribution is 5.09. The molecule has 0 bridgehead atoms. The summed E-state index contributed by atoms with van der Waals surface area (Å²) in [7, 11) is 5.82. The van der Waals surface area contributed by atoms with Crippen LogP contribution in [0.25, 0.3) is 0 Å². The van der Waals surface area contributed by atoms with Gasteiger partial charge in [0.25, 0.3) is 0 Å². The first kappa shape index (κ1) is 12.2. The van der Waals surface area contributed by atoms with Crippen LogP contribution < -0.4 is 0 Å². The molecule has 4 heteroatoms. The molecule has 0 amide bonds. The molecule has 1 rings (SSSR count). The molecule has 0 aromatic carbocycles. The second-order valence-corrected chi connectivity index (χ2v) is 4.42. The van der Waals surface area contributed by atoms with E-state index in [1.807, 2.05) is 45.2 Å². The lowest BCUT2D eigenvalue weighted by molar-refractivity contribution is -0.00200. The summed E-state index contributed by atoms with van der Waals surface area (Å²) in [6, 6.07) is 1.86. The minimum atomic E-state index is -0.557. The number of hydrogen-bond acceptors (Lipinski definition) is 3. The number of likely N-dealkylation sites (N-methyl/N-ethyl adjacent to an activating group) is 1. The van der Waals surface area contributed by atoms with Crippen molar-refractivity contribution in [1.29, 1.82) is 0 Å². The highest BCUT2D eigenvalue weighted by Crippen LogP contribution is 2.31. The van der Waals surface area contributed by atoms with Gasteiger partial charge >= 0.3 is 0 Å². The Bertz CT molecular complexity index is 321. The lowest BCUT2D eigenvalue weighted by atomic mass is 9.88. The predicted octanol–water partition coefficient (Wildman–Crippen LogP) is 1.18. The van der Waals surface area contributed by atoms with Gasteiger partial charge in [0.15, 0.2) is 0 Å². The van der Waals surface area contributed by atoms with E-state index in [9.17, 15) is 5.11 Å². The van der Waals surface area contributed by atoms with E-state index in [4.69, 9.17) is 0 Å². The van der Waals surface area contributed by atoms with E-state index in [1.165, 1.54) is 0 Å². The van der Waals surface area contributed by atoms with E-state index in [1.54, 1.807) is 4.68 Å². The average molecular weight is 211 g/mol. The quantitative estimate of drug-likeness (QED) is 0.813. The van der Waals surface area contributed by atoms with Gasteiger partial charge in [-0.15, -0.1) is 0 Å². The Balaban J connectivity index is 2.96. The Morgan fingerprint density at radius 3 is 2.53 bits per heavy atom. The van der Waals surface area contributed by atoms with E-state index in [0.29, 0.717) is 0 Å². The zero-order valence-electron chi connectivity index (χ0n) is 10.2. The van der Waals surface area contributed by atoms with Crippen LogP contribution in [-0.2, 0) is 7.05 Å². The van der Waals surface area contributed by atoms with Gasteiger partial charge in [-0.05, 0) is 33.5 Å². The third-order valence-corrected chi connectivity index (χ3v) is 3.34. The van der Waals surface area contributed by atoms with Crippen molar-refractivity contribution in [2.24, 2.45) is 7.05 Å². The minimum absolute atomic E-state index is 0.269. The van der Waals surface area contributed by atoms with Gasteiger partial charge in [-0.1, -0.05) is 6.92 Å². The molecular weight excluding hydrogens is 190 g/mol. The first-order valence-corrected chi connectivity index (χ1v) is 5.27. The maximum atomic E-state index is 10.3. The van der Waals surface area contributed by atoms with Crippen molar-refractivity contribution in [3.8, 4) is 0 Å². The van der Waals surface area contributed by atoms with Crippen molar-refractivity contribution >= 4 is 0 Å². The Morgan fingerprint density at radius 1 is 1.60 bits per heavy atom. The summed E-state index contributed by atoms with van der Waals surface area (Å²) < 4.78 is 1.71. The molecule has 0 spiro atoms. The van der Waals surface area contributed by atoms with Crippen LogP contribution in [0.4, 0.5) is 0 Å². The van der Waals surface area contributed by atoms with E-state index in [2.05, 4.69) is 12.0 Å². The van der Waals surface area contributed by atoms with Crippen molar-refractivity contribution in [1.82, 2.24) is 14.7 Å². The summed E-state index contributed by atoms with van der Waals surface area (Å²) in [5.74, 6) is 0. The van der Waals surface area contributed by atoms with Gasteiger partial charge in [-0.25, -0.2) is 0 Å². The van der Waals surface area contributed by atoms with Gasteiger partial charge in [0.2, 0.25) is 0 Å². The van der Waals surface area contributed by atoms with Gasteiger partial charge in [0.05, 0.1) is 5.69 Å². The van der Waals surface area contributed by atoms with E-state index < -0.39 is 6.10 Å². The zero-order valence-corrected chi connectivity index (χ0v) is 10.2. The standard InChI is InChI=1S/C11H21N3O/c1-6-11(2,13(3)4)10(15)9-7-8-14(5)12-9/h7-8,10,15H,6H2,1-5H3. The molecular formula is C11H21N3O. The molecule has 0 fully saturated rings. The zero-order chi connectivity index (χ0) is 11.6. The van der Waals surface area contributed by atoms with Gasteiger partial charge in [0.1, 0.15) is 6.10 Å². The first-order valence-electron chi connectivity index (χ1n) is 5.27. The molecule has 0 aliphatic heterocycles. The SMILES string of the molecule is CCC(C)(C(O)c1ccn(C)n1)N(C)C. The molecule has 1 aromatic heterocycles. The maximum absolute atomic E-state index is 10.3. The molecule has 1 heterocycles. The monoisotopic (exact) mass is 211 g/mol. The predicted molar refractivity (Wildman–Crippen MR) is 60.6 cm³/mol. The Labute approximate surface area is 91.5 Å². The summed E-state index contributed by atoms with van der Waals surface area (Å²) in [6.07, 6.45) is 2.17. The number of aryl methyl sites for hydroxylation is 1. The van der Waals surface area contributed by atoms with Crippen LogP contribution >= 0.6 is 0 Å². The number of rotatable bonds is 4. The van der Waals surface area contributed by atoms with Crippen LogP contribution in [0.1, 0.15) is 32.1 Å². The van der Waals surface area contributed by atoms with Crippen molar-refractivity contribution < 1.29 is 5.11 Å². The lowest BCUT2D eigenvalue weighted by Crippen LogP contribution is -2.46. The molecule has 0 saturated heterocycles. The highest BCUT2D eigenvalue weighted by atomic mass is 16.3. The number of nitrogens with zero attached hydrogens (tertiary/aromatic N) is 3. The summed E-state index contributed by atoms with van der Waals surface area (Å²) in [5.41, 5.74) is 0.463. The molecule has 1 N–H and O–H groups in total. The second-order valence-electron chi connectivity index (χ2n) is 4.42. The van der Waals surface area contributed by atoms with Crippen molar-refractivity contribution in [2.45, 2.75) is 31.9 Å². The van der Waals surface area contributed by atoms with Crippen LogP contribution in [-0.4, -0.2) is 39.4 Å². The fourth-order valence-electron chi connectivity index (χ4n) is 1.65. The van der Waals surface area contributed by atoms with Gasteiger partial charge < -0.3 is 10.0 Å². The van der Waals surface area contributed by atoms with Crippen LogP contribution in [0.5, 0.6) is 0 Å². The first-order chi connectivity index (χ1) is 6.91. The molecule has 15 heavy (non-hydrogen) atoms. The Morgan fingerprint density at radius 2 is 2.20 bits per heavy atom. The number of aliphatic hydroxyl groups excluding tert-OH is 1. The topological polar surface area (TPSA) is 41.3 Å². The van der Waals surface area contributed by atoms with Crippen LogP contribution in [0, 0.1) is 0 Å². The molecule has 2 unspecified atom stereocenters. The third kappa shape index (κ3) is 2.21. The van der Waals surface area contributed by atoms with Crippen molar-refractivity contribution in [3.05, 3.63) is 18.0 Å². The molecule has 0 saturated carbocycles. The maximum Gasteiger partial charge on any atom is 0.116 e. The normalized spacial score (nSPS) is 17.8. The van der Waals surface area contributed by atoms with Gasteiger partial charge in [0, 0.05) is 18.8 Å². The lowest BCUT2D eigenvalue weighted by Gasteiger charge is -2.39. The van der Waals surface area contributed by atoms with E-state index >= 15 is 0 Å². The van der Waals surface area contributed by atoms with Crippen molar-refractivity contribution in [3.63, 3.8) is 0 Å². The molecule has 1 aromatic rings. The van der Waals surface area contributed by atoms with Crippen LogP contribution in [0.15, 0.2) is 12.3 Å². The van der Waals surface area contributed by atoms with Crippen LogP contribution in [0.3, 0.4) is 0 Å². The fourth-order valence-corrected chi connectivity index (χ4v) is 1.65.